The van der Waals surface area contributed by atoms with E-state index in [1.165, 1.54) is 0 Å². The van der Waals surface area contributed by atoms with Gasteiger partial charge in [0.2, 0.25) is 0 Å². The molecule has 2 aromatic carbocycles. The zero-order valence-electron chi connectivity index (χ0n) is 15.6. The van der Waals surface area contributed by atoms with Crippen molar-refractivity contribution in [3.05, 3.63) is 59.7 Å². The fourth-order valence-corrected chi connectivity index (χ4v) is 2.68. The average molecular weight is 341 g/mol. The Labute approximate surface area is 150 Å². The molecule has 2 aromatic rings. The summed E-state index contributed by atoms with van der Waals surface area (Å²) in [4.78, 5) is 14.1. The van der Waals surface area contributed by atoms with Gasteiger partial charge in [-0.1, -0.05) is 51.1 Å². The Kier molecular flexibility index (Phi) is 5.73. The molecule has 4 heteroatoms. The number of amides is 1. The van der Waals surface area contributed by atoms with E-state index in [-0.39, 0.29) is 29.7 Å². The van der Waals surface area contributed by atoms with Gasteiger partial charge in [-0.2, -0.15) is 0 Å². The highest BCUT2D eigenvalue weighted by Crippen LogP contribution is 2.31. The van der Waals surface area contributed by atoms with Crippen molar-refractivity contribution in [2.24, 2.45) is 0 Å². The molecule has 1 N–H and O–H groups in total. The maximum absolute atomic E-state index is 12.5. The van der Waals surface area contributed by atoms with Crippen LogP contribution in [0.2, 0.25) is 0 Å². The topological polar surface area (TPSA) is 49.8 Å². The molecule has 0 unspecified atom stereocenters. The maximum Gasteiger partial charge on any atom is 0.260 e. The van der Waals surface area contributed by atoms with Gasteiger partial charge >= 0.3 is 0 Å². The fourth-order valence-electron chi connectivity index (χ4n) is 2.68. The zero-order valence-corrected chi connectivity index (χ0v) is 15.6. The van der Waals surface area contributed by atoms with E-state index in [0.29, 0.717) is 0 Å². The molecule has 134 valence electrons. The van der Waals surface area contributed by atoms with Crippen molar-refractivity contribution in [1.82, 2.24) is 4.90 Å². The van der Waals surface area contributed by atoms with Crippen LogP contribution in [0, 0.1) is 0 Å². The van der Waals surface area contributed by atoms with Crippen molar-refractivity contribution < 1.29 is 14.6 Å². The summed E-state index contributed by atoms with van der Waals surface area (Å²) in [5.74, 6) is 0.821. The van der Waals surface area contributed by atoms with Gasteiger partial charge in [0.25, 0.3) is 5.91 Å². The minimum atomic E-state index is -0.152. The van der Waals surface area contributed by atoms with E-state index in [4.69, 9.17) is 4.74 Å². The van der Waals surface area contributed by atoms with Gasteiger partial charge in [-0.25, -0.2) is 0 Å². The van der Waals surface area contributed by atoms with Crippen molar-refractivity contribution in [3.63, 3.8) is 0 Å². The quantitative estimate of drug-likeness (QED) is 0.883. The number of ether oxygens (including phenoxy) is 1. The predicted molar refractivity (Wildman–Crippen MR) is 99.9 cm³/mol. The van der Waals surface area contributed by atoms with Crippen LogP contribution in [-0.2, 0) is 10.2 Å². The van der Waals surface area contributed by atoms with E-state index >= 15 is 0 Å². The molecule has 0 heterocycles. The lowest BCUT2D eigenvalue weighted by atomic mass is 9.86. The highest BCUT2D eigenvalue weighted by atomic mass is 16.5. The number of aromatic hydroxyl groups is 1. The first-order valence-corrected chi connectivity index (χ1v) is 8.47. The average Bonchev–Trinajstić information content (AvgIpc) is 2.57. The van der Waals surface area contributed by atoms with E-state index in [1.807, 2.05) is 37.3 Å². The van der Waals surface area contributed by atoms with E-state index in [9.17, 15) is 9.90 Å². The molecule has 1 atom stereocenters. The van der Waals surface area contributed by atoms with Gasteiger partial charge in [0.1, 0.15) is 11.5 Å². The first-order valence-electron chi connectivity index (χ1n) is 8.47. The van der Waals surface area contributed by atoms with Crippen LogP contribution in [0.15, 0.2) is 48.5 Å². The standard InChI is InChI=1S/C21H27NO3/c1-15(16-9-8-10-17(23)13-16)22(5)20(24)14-25-19-12-7-6-11-18(19)21(2,3)4/h6-13,15,23H,14H2,1-5H3/t15-/m1/s1. The summed E-state index contributed by atoms with van der Waals surface area (Å²) in [5.41, 5.74) is 1.90. The summed E-state index contributed by atoms with van der Waals surface area (Å²) < 4.78 is 5.82. The van der Waals surface area contributed by atoms with Crippen LogP contribution in [-0.4, -0.2) is 29.6 Å². The lowest BCUT2D eigenvalue weighted by molar-refractivity contribution is -0.134. The van der Waals surface area contributed by atoms with Gasteiger partial charge in [0, 0.05) is 7.05 Å². The summed E-state index contributed by atoms with van der Waals surface area (Å²) in [6.45, 7) is 8.26. The van der Waals surface area contributed by atoms with E-state index in [2.05, 4.69) is 20.8 Å². The summed E-state index contributed by atoms with van der Waals surface area (Å²) in [7, 11) is 1.75. The number of nitrogens with zero attached hydrogens (tertiary/aromatic N) is 1. The number of para-hydroxylation sites is 1. The Hall–Kier alpha value is -2.49. The first kappa shape index (κ1) is 18.8. The Balaban J connectivity index is 2.05. The third-order valence-electron chi connectivity index (χ3n) is 4.37. The van der Waals surface area contributed by atoms with Crippen LogP contribution in [0.25, 0.3) is 0 Å². The van der Waals surface area contributed by atoms with Crippen LogP contribution in [0.5, 0.6) is 11.5 Å². The minimum Gasteiger partial charge on any atom is -0.508 e. The number of hydrogen-bond acceptors (Lipinski definition) is 3. The number of phenolic OH excluding ortho intramolecular Hbond substituents is 1. The molecule has 0 spiro atoms. The summed E-state index contributed by atoms with van der Waals surface area (Å²) in [6, 6.07) is 14.6. The highest BCUT2D eigenvalue weighted by Gasteiger charge is 2.21. The van der Waals surface area contributed by atoms with Crippen molar-refractivity contribution in [2.45, 2.75) is 39.2 Å². The number of phenols is 1. The SMILES string of the molecule is C[C@H](c1cccc(O)c1)N(C)C(=O)COc1ccccc1C(C)(C)C. The molecule has 1 amide bonds. The smallest absolute Gasteiger partial charge is 0.260 e. The highest BCUT2D eigenvalue weighted by molar-refractivity contribution is 5.78. The summed E-state index contributed by atoms with van der Waals surface area (Å²) >= 11 is 0. The molecule has 0 aromatic heterocycles. The number of benzene rings is 2. The van der Waals surface area contributed by atoms with Crippen molar-refractivity contribution in [2.75, 3.05) is 13.7 Å². The molecule has 0 aliphatic carbocycles. The lowest BCUT2D eigenvalue weighted by Crippen LogP contribution is -2.33. The molecule has 0 aliphatic heterocycles. The number of carbonyl (C=O) groups excluding carboxylic acids is 1. The van der Waals surface area contributed by atoms with Gasteiger partial charge < -0.3 is 14.7 Å². The number of hydrogen-bond donors (Lipinski definition) is 1. The molecule has 0 aliphatic rings. The van der Waals surface area contributed by atoms with Crippen molar-refractivity contribution >= 4 is 5.91 Å². The second-order valence-corrected chi connectivity index (χ2v) is 7.31. The second kappa shape index (κ2) is 7.60. The number of carbonyl (C=O) groups is 1. The second-order valence-electron chi connectivity index (χ2n) is 7.31. The maximum atomic E-state index is 12.5. The van der Waals surface area contributed by atoms with E-state index < -0.39 is 0 Å². The summed E-state index contributed by atoms with van der Waals surface area (Å²) in [5, 5.41) is 9.61. The van der Waals surface area contributed by atoms with Crippen LogP contribution in [0.3, 0.4) is 0 Å². The van der Waals surface area contributed by atoms with Crippen LogP contribution in [0.4, 0.5) is 0 Å². The Morgan fingerprint density at radius 3 is 2.48 bits per heavy atom. The zero-order chi connectivity index (χ0) is 18.6. The molecule has 0 fully saturated rings. The molecule has 0 radical (unpaired) electrons. The van der Waals surface area contributed by atoms with Crippen LogP contribution >= 0.6 is 0 Å². The molecule has 0 saturated heterocycles. The van der Waals surface area contributed by atoms with Crippen LogP contribution in [0.1, 0.15) is 44.9 Å². The summed E-state index contributed by atoms with van der Waals surface area (Å²) in [6.07, 6.45) is 0. The third-order valence-corrected chi connectivity index (χ3v) is 4.37. The normalized spacial score (nSPS) is 12.5. The lowest BCUT2D eigenvalue weighted by Gasteiger charge is -2.26. The molecule has 25 heavy (non-hydrogen) atoms. The Morgan fingerprint density at radius 2 is 1.84 bits per heavy atom. The number of likely N-dealkylation sites (N-methyl/N-ethyl adjacent to an activating group) is 1. The fraction of sp³-hybridized carbons (Fsp3) is 0.381. The molecule has 2 rings (SSSR count). The molecular weight excluding hydrogens is 314 g/mol. The van der Waals surface area contributed by atoms with Gasteiger partial charge in [-0.3, -0.25) is 4.79 Å². The van der Waals surface area contributed by atoms with Crippen molar-refractivity contribution in [3.8, 4) is 11.5 Å². The van der Waals surface area contributed by atoms with Crippen LogP contribution < -0.4 is 4.74 Å². The van der Waals surface area contributed by atoms with E-state index in [0.717, 1.165) is 16.9 Å². The molecular formula is C21H27NO3. The van der Waals surface area contributed by atoms with Gasteiger partial charge in [0.05, 0.1) is 6.04 Å². The van der Waals surface area contributed by atoms with E-state index in [1.54, 1.807) is 30.1 Å². The third kappa shape index (κ3) is 4.75. The molecule has 0 saturated carbocycles. The first-order chi connectivity index (χ1) is 11.7. The van der Waals surface area contributed by atoms with Gasteiger partial charge in [-0.15, -0.1) is 0 Å². The van der Waals surface area contributed by atoms with Crippen molar-refractivity contribution in [1.29, 1.82) is 0 Å². The largest absolute Gasteiger partial charge is 0.508 e. The van der Waals surface area contributed by atoms with Gasteiger partial charge in [0.15, 0.2) is 6.61 Å². The number of rotatable bonds is 5. The Bertz CT molecular complexity index is 734. The minimum absolute atomic E-state index is 0.0211. The molecule has 4 nitrogen and oxygen atoms in total. The Morgan fingerprint density at radius 1 is 1.16 bits per heavy atom. The monoisotopic (exact) mass is 341 g/mol. The molecule has 0 bridgehead atoms. The van der Waals surface area contributed by atoms with Gasteiger partial charge in [-0.05, 0) is 41.7 Å². The predicted octanol–water partition coefficient (Wildman–Crippen LogP) is 4.29.